The van der Waals surface area contributed by atoms with Gasteiger partial charge in [0.2, 0.25) is 5.56 Å². The Morgan fingerprint density at radius 1 is 1.44 bits per heavy atom. The van der Waals surface area contributed by atoms with Crippen molar-refractivity contribution in [2.45, 2.75) is 19.9 Å². The summed E-state index contributed by atoms with van der Waals surface area (Å²) < 4.78 is 0. The molecule has 88 valence electrons. The van der Waals surface area contributed by atoms with Crippen LogP contribution in [0.15, 0.2) is 23.1 Å². The zero-order valence-electron chi connectivity index (χ0n) is 9.54. The molecule has 5 heteroatoms. The molecule has 16 heavy (non-hydrogen) atoms. The van der Waals surface area contributed by atoms with Crippen molar-refractivity contribution in [1.29, 1.82) is 0 Å². The van der Waals surface area contributed by atoms with Gasteiger partial charge in [-0.2, -0.15) is 0 Å². The van der Waals surface area contributed by atoms with Crippen molar-refractivity contribution < 1.29 is 4.79 Å². The Labute approximate surface area is 94.3 Å². The summed E-state index contributed by atoms with van der Waals surface area (Å²) in [5, 5.41) is 5.91. The normalized spacial score (nSPS) is 10.4. The highest BCUT2D eigenvalue weighted by Gasteiger charge is 2.04. The van der Waals surface area contributed by atoms with Crippen molar-refractivity contribution >= 4 is 5.91 Å². The molecule has 0 unspecified atom stereocenters. The van der Waals surface area contributed by atoms with E-state index in [0.717, 1.165) is 0 Å². The number of pyridine rings is 1. The lowest BCUT2D eigenvalue weighted by molar-refractivity contribution is 0.0953. The first-order valence-electron chi connectivity index (χ1n) is 5.30. The summed E-state index contributed by atoms with van der Waals surface area (Å²) in [6.07, 6.45) is 1.46. The van der Waals surface area contributed by atoms with Gasteiger partial charge < -0.3 is 15.6 Å². The van der Waals surface area contributed by atoms with Gasteiger partial charge >= 0.3 is 0 Å². The molecule has 1 amide bonds. The molecule has 5 nitrogen and oxygen atoms in total. The molecular formula is C11H17N3O2. The van der Waals surface area contributed by atoms with Gasteiger partial charge in [0.1, 0.15) is 0 Å². The SMILES string of the molecule is CC(C)NCCNC(=O)c1cc[nH]c(=O)c1. The fourth-order valence-corrected chi connectivity index (χ4v) is 1.22. The summed E-state index contributed by atoms with van der Waals surface area (Å²) in [6.45, 7) is 5.34. The Morgan fingerprint density at radius 3 is 2.81 bits per heavy atom. The van der Waals surface area contributed by atoms with E-state index in [1.165, 1.54) is 12.3 Å². The van der Waals surface area contributed by atoms with E-state index >= 15 is 0 Å². The maximum absolute atomic E-state index is 11.5. The van der Waals surface area contributed by atoms with Crippen molar-refractivity contribution in [2.24, 2.45) is 0 Å². The number of H-pyrrole nitrogens is 1. The zero-order chi connectivity index (χ0) is 12.0. The lowest BCUT2D eigenvalue weighted by atomic mass is 10.2. The molecule has 1 aromatic heterocycles. The van der Waals surface area contributed by atoms with Crippen LogP contribution in [-0.4, -0.2) is 30.0 Å². The Balaban J connectivity index is 2.38. The van der Waals surface area contributed by atoms with Gasteiger partial charge in [0.05, 0.1) is 0 Å². The van der Waals surface area contributed by atoms with Crippen molar-refractivity contribution in [3.05, 3.63) is 34.2 Å². The largest absolute Gasteiger partial charge is 0.351 e. The van der Waals surface area contributed by atoms with Gasteiger partial charge in [-0.25, -0.2) is 0 Å². The molecule has 3 N–H and O–H groups in total. The van der Waals surface area contributed by atoms with Crippen LogP contribution in [0.5, 0.6) is 0 Å². The van der Waals surface area contributed by atoms with Gasteiger partial charge in [-0.15, -0.1) is 0 Å². The third-order valence-electron chi connectivity index (χ3n) is 2.00. The number of carbonyl (C=O) groups excluding carboxylic acids is 1. The van der Waals surface area contributed by atoms with E-state index in [-0.39, 0.29) is 11.5 Å². The molecule has 0 saturated carbocycles. The maximum Gasteiger partial charge on any atom is 0.251 e. The van der Waals surface area contributed by atoms with Gasteiger partial charge in [-0.05, 0) is 6.07 Å². The van der Waals surface area contributed by atoms with Crippen LogP contribution in [0.2, 0.25) is 0 Å². The van der Waals surface area contributed by atoms with Crippen LogP contribution < -0.4 is 16.2 Å². The summed E-state index contributed by atoms with van der Waals surface area (Å²) in [5.74, 6) is -0.225. The molecule has 0 saturated heterocycles. The number of nitrogens with one attached hydrogen (secondary N) is 3. The highest BCUT2D eigenvalue weighted by molar-refractivity contribution is 5.93. The Morgan fingerprint density at radius 2 is 2.19 bits per heavy atom. The third kappa shape index (κ3) is 4.27. The summed E-state index contributed by atoms with van der Waals surface area (Å²) >= 11 is 0. The van der Waals surface area contributed by atoms with E-state index in [1.807, 2.05) is 13.8 Å². The summed E-state index contributed by atoms with van der Waals surface area (Å²) in [6, 6.07) is 3.26. The average molecular weight is 223 g/mol. The predicted molar refractivity (Wildman–Crippen MR) is 62.5 cm³/mol. The van der Waals surface area contributed by atoms with E-state index in [2.05, 4.69) is 15.6 Å². The molecule has 0 aromatic carbocycles. The van der Waals surface area contributed by atoms with Crippen molar-refractivity contribution in [3.63, 3.8) is 0 Å². The molecular weight excluding hydrogens is 206 g/mol. The molecule has 0 spiro atoms. The minimum atomic E-state index is -0.270. The zero-order valence-corrected chi connectivity index (χ0v) is 9.54. The average Bonchev–Trinajstić information content (AvgIpc) is 2.24. The van der Waals surface area contributed by atoms with E-state index in [9.17, 15) is 9.59 Å². The molecule has 0 atom stereocenters. The first kappa shape index (κ1) is 12.4. The fourth-order valence-electron chi connectivity index (χ4n) is 1.22. The van der Waals surface area contributed by atoms with Crippen LogP contribution in [0.3, 0.4) is 0 Å². The fraction of sp³-hybridized carbons (Fsp3) is 0.455. The summed E-state index contributed by atoms with van der Waals surface area (Å²) in [5.41, 5.74) is 0.112. The van der Waals surface area contributed by atoms with Gasteiger partial charge in [0.25, 0.3) is 5.91 Å². The van der Waals surface area contributed by atoms with E-state index in [1.54, 1.807) is 6.07 Å². The van der Waals surface area contributed by atoms with Crippen LogP contribution in [-0.2, 0) is 0 Å². The molecule has 0 fully saturated rings. The topological polar surface area (TPSA) is 74.0 Å². The molecule has 0 aliphatic rings. The second-order valence-corrected chi connectivity index (χ2v) is 3.81. The Bertz CT molecular complexity index is 398. The van der Waals surface area contributed by atoms with Crippen molar-refractivity contribution in [3.8, 4) is 0 Å². The molecule has 0 bridgehead atoms. The second-order valence-electron chi connectivity index (χ2n) is 3.81. The molecule has 0 aliphatic carbocycles. The van der Waals surface area contributed by atoms with Crippen LogP contribution in [0.25, 0.3) is 0 Å². The number of hydrogen-bond donors (Lipinski definition) is 3. The van der Waals surface area contributed by atoms with Crippen LogP contribution in [0, 0.1) is 0 Å². The number of amides is 1. The molecule has 1 heterocycles. The third-order valence-corrected chi connectivity index (χ3v) is 2.00. The minimum Gasteiger partial charge on any atom is -0.351 e. The molecule has 1 rings (SSSR count). The molecule has 0 aliphatic heterocycles. The standard InChI is InChI=1S/C11H17N3O2/c1-8(2)12-5-6-14-11(16)9-3-4-13-10(15)7-9/h3-4,7-8,12H,5-6H2,1-2H3,(H,13,15)(H,14,16). The predicted octanol–water partition coefficient (Wildman–Crippen LogP) is 0.103. The highest BCUT2D eigenvalue weighted by Crippen LogP contribution is 1.91. The Hall–Kier alpha value is -1.62. The monoisotopic (exact) mass is 223 g/mol. The van der Waals surface area contributed by atoms with Crippen LogP contribution in [0.4, 0.5) is 0 Å². The second kappa shape index (κ2) is 6.07. The van der Waals surface area contributed by atoms with Gasteiger partial charge in [-0.1, -0.05) is 13.8 Å². The smallest absolute Gasteiger partial charge is 0.251 e. The first-order chi connectivity index (χ1) is 7.59. The number of aromatic amines is 1. The first-order valence-corrected chi connectivity index (χ1v) is 5.30. The van der Waals surface area contributed by atoms with Crippen molar-refractivity contribution in [2.75, 3.05) is 13.1 Å². The minimum absolute atomic E-state index is 0.225. The van der Waals surface area contributed by atoms with Crippen molar-refractivity contribution in [1.82, 2.24) is 15.6 Å². The summed E-state index contributed by atoms with van der Waals surface area (Å²) in [7, 11) is 0. The molecule has 0 radical (unpaired) electrons. The number of hydrogen-bond acceptors (Lipinski definition) is 3. The van der Waals surface area contributed by atoms with Crippen LogP contribution >= 0.6 is 0 Å². The lowest BCUT2D eigenvalue weighted by Gasteiger charge is -2.08. The van der Waals surface area contributed by atoms with E-state index in [0.29, 0.717) is 24.7 Å². The number of aromatic nitrogens is 1. The lowest BCUT2D eigenvalue weighted by Crippen LogP contribution is -2.34. The maximum atomic E-state index is 11.5. The quantitative estimate of drug-likeness (QED) is 0.620. The highest BCUT2D eigenvalue weighted by atomic mass is 16.2. The Kier molecular flexibility index (Phi) is 4.72. The number of rotatable bonds is 5. The van der Waals surface area contributed by atoms with E-state index < -0.39 is 0 Å². The van der Waals surface area contributed by atoms with Gasteiger partial charge in [0, 0.05) is 37.0 Å². The van der Waals surface area contributed by atoms with Crippen LogP contribution in [0.1, 0.15) is 24.2 Å². The van der Waals surface area contributed by atoms with Gasteiger partial charge in [0.15, 0.2) is 0 Å². The van der Waals surface area contributed by atoms with E-state index in [4.69, 9.17) is 0 Å². The van der Waals surface area contributed by atoms with Gasteiger partial charge in [-0.3, -0.25) is 9.59 Å². The molecule has 1 aromatic rings. The summed E-state index contributed by atoms with van der Waals surface area (Å²) in [4.78, 5) is 25.0. The number of carbonyl (C=O) groups is 1.